The van der Waals surface area contributed by atoms with E-state index < -0.39 is 9.05 Å². The second-order valence-corrected chi connectivity index (χ2v) is 7.73. The first kappa shape index (κ1) is 15.9. The number of hydrogen-bond acceptors (Lipinski definition) is 3. The summed E-state index contributed by atoms with van der Waals surface area (Å²) in [7, 11) is 1.66. The molecule has 0 N–H and O–H groups in total. The van der Waals surface area contributed by atoms with Crippen LogP contribution in [0.3, 0.4) is 0 Å². The lowest BCUT2D eigenvalue weighted by atomic mass is 10.0. The fourth-order valence-electron chi connectivity index (χ4n) is 1.89. The van der Waals surface area contributed by atoms with Crippen LogP contribution in [0, 0.1) is 5.92 Å². The van der Waals surface area contributed by atoms with Gasteiger partial charge in [0.2, 0.25) is 0 Å². The van der Waals surface area contributed by atoms with Crippen molar-refractivity contribution in [3.63, 3.8) is 0 Å². The molecule has 0 saturated carbocycles. The fraction of sp³-hybridized carbons (Fsp3) is 0.250. The Balaban J connectivity index is 2.50. The zero-order valence-corrected chi connectivity index (χ0v) is 13.5. The zero-order valence-electron chi connectivity index (χ0n) is 11.9. The van der Waals surface area contributed by atoms with Crippen molar-refractivity contribution in [2.75, 3.05) is 6.61 Å². The highest BCUT2D eigenvalue weighted by molar-refractivity contribution is 8.13. The Kier molecular flexibility index (Phi) is 4.91. The van der Waals surface area contributed by atoms with Crippen molar-refractivity contribution in [2.24, 2.45) is 5.92 Å². The van der Waals surface area contributed by atoms with Crippen molar-refractivity contribution >= 4 is 19.7 Å². The molecule has 0 saturated heterocycles. The monoisotopic (exact) mass is 324 g/mol. The van der Waals surface area contributed by atoms with Crippen LogP contribution in [0.15, 0.2) is 53.4 Å². The largest absolute Gasteiger partial charge is 0.493 e. The van der Waals surface area contributed by atoms with Gasteiger partial charge in [0.1, 0.15) is 5.75 Å². The van der Waals surface area contributed by atoms with Gasteiger partial charge in [0.25, 0.3) is 9.05 Å². The molecule has 0 unspecified atom stereocenters. The van der Waals surface area contributed by atoms with Crippen LogP contribution >= 0.6 is 10.7 Å². The first-order valence-corrected chi connectivity index (χ1v) is 8.96. The van der Waals surface area contributed by atoms with E-state index in [0.29, 0.717) is 18.3 Å². The van der Waals surface area contributed by atoms with Gasteiger partial charge in [-0.1, -0.05) is 44.2 Å². The van der Waals surface area contributed by atoms with Gasteiger partial charge in [-0.25, -0.2) is 8.42 Å². The summed E-state index contributed by atoms with van der Waals surface area (Å²) in [6.07, 6.45) is 0. The lowest BCUT2D eigenvalue weighted by Crippen LogP contribution is -2.05. The maximum Gasteiger partial charge on any atom is 0.261 e. The number of ether oxygens (including phenoxy) is 1. The number of benzene rings is 2. The zero-order chi connectivity index (χ0) is 15.5. The molecule has 0 aliphatic carbocycles. The Bertz CT molecular complexity index is 710. The SMILES string of the molecule is CC(C)COc1ccc(S(=O)(=O)Cl)cc1-c1ccccc1. The molecule has 3 nitrogen and oxygen atoms in total. The predicted molar refractivity (Wildman–Crippen MR) is 85.2 cm³/mol. The van der Waals surface area contributed by atoms with E-state index in [9.17, 15) is 8.42 Å². The van der Waals surface area contributed by atoms with E-state index in [0.717, 1.165) is 11.1 Å². The molecule has 112 valence electrons. The fourth-order valence-corrected chi connectivity index (χ4v) is 2.66. The summed E-state index contributed by atoms with van der Waals surface area (Å²) in [6, 6.07) is 14.2. The molecule has 0 atom stereocenters. The molecule has 0 radical (unpaired) electrons. The average molecular weight is 325 g/mol. The molecule has 0 aliphatic heterocycles. The number of hydrogen-bond donors (Lipinski definition) is 0. The van der Waals surface area contributed by atoms with Gasteiger partial charge >= 0.3 is 0 Å². The van der Waals surface area contributed by atoms with Gasteiger partial charge in [0.15, 0.2) is 0 Å². The van der Waals surface area contributed by atoms with Gasteiger partial charge in [-0.3, -0.25) is 0 Å². The molecule has 2 aromatic carbocycles. The van der Waals surface area contributed by atoms with Gasteiger partial charge in [-0.05, 0) is 29.7 Å². The summed E-state index contributed by atoms with van der Waals surface area (Å²) < 4.78 is 28.8. The van der Waals surface area contributed by atoms with Crippen LogP contribution in [0.2, 0.25) is 0 Å². The highest BCUT2D eigenvalue weighted by atomic mass is 35.7. The first-order chi connectivity index (χ1) is 9.88. The summed E-state index contributed by atoms with van der Waals surface area (Å²) in [4.78, 5) is 0.0694. The Morgan fingerprint density at radius 3 is 2.33 bits per heavy atom. The molecule has 2 aromatic rings. The van der Waals surface area contributed by atoms with Crippen LogP contribution < -0.4 is 4.74 Å². The average Bonchev–Trinajstić information content (AvgIpc) is 2.45. The second kappa shape index (κ2) is 6.50. The molecule has 0 amide bonds. The lowest BCUT2D eigenvalue weighted by molar-refractivity contribution is 0.272. The Morgan fingerprint density at radius 1 is 1.10 bits per heavy atom. The standard InChI is InChI=1S/C16H17ClO3S/c1-12(2)11-20-16-9-8-14(21(17,18)19)10-15(16)13-6-4-3-5-7-13/h3-10,12H,11H2,1-2H3. The normalized spacial score (nSPS) is 11.6. The molecule has 0 heterocycles. The molecule has 2 rings (SSSR count). The van der Waals surface area contributed by atoms with E-state index >= 15 is 0 Å². The van der Waals surface area contributed by atoms with Gasteiger partial charge in [0, 0.05) is 16.2 Å². The number of halogens is 1. The van der Waals surface area contributed by atoms with Crippen LogP contribution in [0.1, 0.15) is 13.8 Å². The maximum atomic E-state index is 11.5. The van der Waals surface area contributed by atoms with Crippen molar-refractivity contribution in [2.45, 2.75) is 18.7 Å². The quantitative estimate of drug-likeness (QED) is 0.769. The van der Waals surface area contributed by atoms with Crippen molar-refractivity contribution in [3.8, 4) is 16.9 Å². The minimum atomic E-state index is -3.76. The first-order valence-electron chi connectivity index (χ1n) is 6.65. The summed E-state index contributed by atoms with van der Waals surface area (Å²) in [6.45, 7) is 4.67. The Labute approximate surface area is 129 Å². The van der Waals surface area contributed by atoms with Crippen molar-refractivity contribution in [1.29, 1.82) is 0 Å². The van der Waals surface area contributed by atoms with E-state index in [4.69, 9.17) is 15.4 Å². The molecule has 5 heteroatoms. The molecule has 0 bridgehead atoms. The highest BCUT2D eigenvalue weighted by Crippen LogP contribution is 2.33. The summed E-state index contributed by atoms with van der Waals surface area (Å²) >= 11 is 0. The second-order valence-electron chi connectivity index (χ2n) is 5.17. The molecular weight excluding hydrogens is 308 g/mol. The maximum absolute atomic E-state index is 11.5. The summed E-state index contributed by atoms with van der Waals surface area (Å²) in [5, 5.41) is 0. The molecular formula is C16H17ClO3S. The van der Waals surface area contributed by atoms with Gasteiger partial charge < -0.3 is 4.74 Å². The van der Waals surface area contributed by atoms with Gasteiger partial charge in [-0.15, -0.1) is 0 Å². The molecule has 0 aromatic heterocycles. The lowest BCUT2D eigenvalue weighted by Gasteiger charge is -2.14. The predicted octanol–water partition coefficient (Wildman–Crippen LogP) is 4.32. The number of rotatable bonds is 5. The van der Waals surface area contributed by atoms with E-state index in [1.165, 1.54) is 6.07 Å². The van der Waals surface area contributed by atoms with Gasteiger partial charge in [0.05, 0.1) is 11.5 Å². The Morgan fingerprint density at radius 2 is 1.76 bits per heavy atom. The molecule has 0 spiro atoms. The van der Waals surface area contributed by atoms with Crippen LogP contribution in [0.4, 0.5) is 0 Å². The smallest absolute Gasteiger partial charge is 0.261 e. The molecule has 21 heavy (non-hydrogen) atoms. The van der Waals surface area contributed by atoms with E-state index in [1.54, 1.807) is 12.1 Å². The van der Waals surface area contributed by atoms with Crippen LogP contribution in [0.25, 0.3) is 11.1 Å². The van der Waals surface area contributed by atoms with E-state index in [-0.39, 0.29) is 4.90 Å². The minimum absolute atomic E-state index is 0.0694. The van der Waals surface area contributed by atoms with Crippen LogP contribution in [-0.4, -0.2) is 15.0 Å². The van der Waals surface area contributed by atoms with Crippen molar-refractivity contribution in [1.82, 2.24) is 0 Å². The Hall–Kier alpha value is -1.52. The summed E-state index contributed by atoms with van der Waals surface area (Å²) in [5.74, 6) is 1.03. The topological polar surface area (TPSA) is 43.4 Å². The third kappa shape index (κ3) is 4.22. The van der Waals surface area contributed by atoms with Gasteiger partial charge in [-0.2, -0.15) is 0 Å². The van der Waals surface area contributed by atoms with Crippen LogP contribution in [-0.2, 0) is 9.05 Å². The minimum Gasteiger partial charge on any atom is -0.493 e. The highest BCUT2D eigenvalue weighted by Gasteiger charge is 2.15. The third-order valence-electron chi connectivity index (χ3n) is 2.89. The third-order valence-corrected chi connectivity index (χ3v) is 4.24. The van der Waals surface area contributed by atoms with Crippen LogP contribution in [0.5, 0.6) is 5.75 Å². The van der Waals surface area contributed by atoms with Crippen molar-refractivity contribution in [3.05, 3.63) is 48.5 Å². The van der Waals surface area contributed by atoms with Crippen molar-refractivity contribution < 1.29 is 13.2 Å². The molecule has 0 fully saturated rings. The summed E-state index contributed by atoms with van der Waals surface area (Å²) in [5.41, 5.74) is 1.61. The van der Waals surface area contributed by atoms with E-state index in [2.05, 4.69) is 13.8 Å². The molecule has 0 aliphatic rings. The van der Waals surface area contributed by atoms with E-state index in [1.807, 2.05) is 30.3 Å².